The summed E-state index contributed by atoms with van der Waals surface area (Å²) in [6.07, 6.45) is 1.16. The predicted octanol–water partition coefficient (Wildman–Crippen LogP) is 5.01. The number of halogens is 1. The van der Waals surface area contributed by atoms with Crippen LogP contribution in [0.5, 0.6) is 0 Å². The van der Waals surface area contributed by atoms with E-state index in [-0.39, 0.29) is 28.1 Å². The second-order valence-corrected chi connectivity index (χ2v) is 12.0. The van der Waals surface area contributed by atoms with Gasteiger partial charge in [0.15, 0.2) is 9.84 Å². The van der Waals surface area contributed by atoms with E-state index in [1.165, 1.54) is 0 Å². The molecule has 2 amide bonds. The van der Waals surface area contributed by atoms with Crippen molar-refractivity contribution in [3.63, 3.8) is 0 Å². The first-order chi connectivity index (χ1) is 16.6. The lowest BCUT2D eigenvalue weighted by Crippen LogP contribution is -2.28. The van der Waals surface area contributed by atoms with Gasteiger partial charge in [0, 0.05) is 23.4 Å². The van der Waals surface area contributed by atoms with E-state index in [0.29, 0.717) is 22.9 Å². The minimum Gasteiger partial charge on any atom is -0.346 e. The van der Waals surface area contributed by atoms with Crippen molar-refractivity contribution in [2.75, 3.05) is 12.0 Å². The SMILES string of the molecule is CC(NC(=O)c1ccc(C2SCC(=O)N2Cc2ccc(Cl)cc2)cc1)c1ccc(S(C)(=O)=O)cc1. The first kappa shape index (κ1) is 25.3. The van der Waals surface area contributed by atoms with Gasteiger partial charge in [0.2, 0.25) is 5.91 Å². The molecule has 35 heavy (non-hydrogen) atoms. The Morgan fingerprint density at radius 1 is 1.06 bits per heavy atom. The van der Waals surface area contributed by atoms with Crippen LogP contribution in [0.4, 0.5) is 0 Å². The molecule has 2 unspecified atom stereocenters. The molecule has 0 bridgehead atoms. The molecule has 1 fully saturated rings. The number of benzene rings is 3. The number of hydrogen-bond acceptors (Lipinski definition) is 5. The topological polar surface area (TPSA) is 83.6 Å². The minimum absolute atomic E-state index is 0.0764. The molecule has 1 saturated heterocycles. The number of rotatable bonds is 7. The first-order valence-electron chi connectivity index (χ1n) is 11.0. The highest BCUT2D eigenvalue weighted by Crippen LogP contribution is 2.39. The zero-order chi connectivity index (χ0) is 25.2. The van der Waals surface area contributed by atoms with Crippen LogP contribution in [0.2, 0.25) is 5.02 Å². The molecule has 3 aromatic carbocycles. The van der Waals surface area contributed by atoms with Gasteiger partial charge in [0.1, 0.15) is 5.37 Å². The molecule has 3 aromatic rings. The number of carbonyl (C=O) groups is 2. The molecule has 1 heterocycles. The summed E-state index contributed by atoms with van der Waals surface area (Å²) in [5.41, 5.74) is 3.27. The van der Waals surface area contributed by atoms with Gasteiger partial charge in [-0.05, 0) is 60.0 Å². The molecule has 0 spiro atoms. The van der Waals surface area contributed by atoms with Gasteiger partial charge in [0.05, 0.1) is 16.7 Å². The molecule has 1 aliphatic rings. The van der Waals surface area contributed by atoms with Crippen LogP contribution >= 0.6 is 23.4 Å². The van der Waals surface area contributed by atoms with Crippen LogP contribution in [-0.4, -0.2) is 37.1 Å². The van der Waals surface area contributed by atoms with Crippen molar-refractivity contribution < 1.29 is 18.0 Å². The maximum Gasteiger partial charge on any atom is 0.251 e. The summed E-state index contributed by atoms with van der Waals surface area (Å²) in [6.45, 7) is 2.34. The fourth-order valence-electron chi connectivity index (χ4n) is 3.85. The summed E-state index contributed by atoms with van der Waals surface area (Å²) < 4.78 is 23.3. The molecule has 4 rings (SSSR count). The highest BCUT2D eigenvalue weighted by Gasteiger charge is 2.32. The normalized spacial score (nSPS) is 16.8. The van der Waals surface area contributed by atoms with Crippen molar-refractivity contribution in [2.45, 2.75) is 29.8 Å². The second-order valence-electron chi connectivity index (χ2n) is 8.47. The number of amides is 2. The predicted molar refractivity (Wildman–Crippen MR) is 139 cm³/mol. The fraction of sp³-hybridized carbons (Fsp3) is 0.231. The molecule has 0 radical (unpaired) electrons. The van der Waals surface area contributed by atoms with E-state index in [1.807, 2.05) is 48.2 Å². The van der Waals surface area contributed by atoms with E-state index < -0.39 is 9.84 Å². The molecule has 1 aliphatic heterocycles. The van der Waals surface area contributed by atoms with E-state index in [9.17, 15) is 18.0 Å². The van der Waals surface area contributed by atoms with Crippen LogP contribution in [-0.2, 0) is 21.2 Å². The first-order valence-corrected chi connectivity index (χ1v) is 14.3. The third-order valence-electron chi connectivity index (χ3n) is 5.85. The Kier molecular flexibility index (Phi) is 7.54. The number of carbonyl (C=O) groups excluding carboxylic acids is 2. The summed E-state index contributed by atoms with van der Waals surface area (Å²) in [6, 6.07) is 20.9. The summed E-state index contributed by atoms with van der Waals surface area (Å²) in [5, 5.41) is 3.48. The van der Waals surface area contributed by atoms with Gasteiger partial charge in [-0.2, -0.15) is 0 Å². The smallest absolute Gasteiger partial charge is 0.251 e. The summed E-state index contributed by atoms with van der Waals surface area (Å²) in [7, 11) is -3.27. The lowest BCUT2D eigenvalue weighted by atomic mass is 10.1. The number of hydrogen-bond donors (Lipinski definition) is 1. The molecule has 0 saturated carbocycles. The molecular formula is C26H25ClN2O4S2. The van der Waals surface area contributed by atoms with Gasteiger partial charge in [-0.15, -0.1) is 11.8 Å². The third kappa shape index (κ3) is 6.07. The Morgan fingerprint density at radius 2 is 1.69 bits per heavy atom. The molecule has 9 heteroatoms. The molecule has 182 valence electrons. The minimum atomic E-state index is -3.27. The lowest BCUT2D eigenvalue weighted by Gasteiger charge is -2.24. The quantitative estimate of drug-likeness (QED) is 0.466. The van der Waals surface area contributed by atoms with Crippen LogP contribution in [0.1, 0.15) is 45.4 Å². The number of nitrogens with zero attached hydrogens (tertiary/aromatic N) is 1. The Hall–Kier alpha value is -2.81. The van der Waals surface area contributed by atoms with Crippen molar-refractivity contribution in [3.8, 4) is 0 Å². The Bertz CT molecular complexity index is 1330. The van der Waals surface area contributed by atoms with Gasteiger partial charge in [-0.1, -0.05) is 48.0 Å². The zero-order valence-electron chi connectivity index (χ0n) is 19.3. The van der Waals surface area contributed by atoms with E-state index in [0.717, 1.165) is 22.9 Å². The Morgan fingerprint density at radius 3 is 2.29 bits per heavy atom. The second kappa shape index (κ2) is 10.4. The van der Waals surface area contributed by atoms with Gasteiger partial charge in [0.25, 0.3) is 5.91 Å². The van der Waals surface area contributed by atoms with Gasteiger partial charge >= 0.3 is 0 Å². The van der Waals surface area contributed by atoms with E-state index in [4.69, 9.17) is 11.6 Å². The van der Waals surface area contributed by atoms with Crippen molar-refractivity contribution in [1.82, 2.24) is 10.2 Å². The highest BCUT2D eigenvalue weighted by atomic mass is 35.5. The standard InChI is InChI=1S/C26H25ClN2O4S2/c1-17(19-9-13-23(14-10-19)35(2,32)33)28-25(31)20-5-7-21(8-6-20)26-29(24(30)16-34-26)15-18-3-11-22(27)12-4-18/h3-14,17,26H,15-16H2,1-2H3,(H,28,31). The summed E-state index contributed by atoms with van der Waals surface area (Å²) in [4.78, 5) is 27.4. The van der Waals surface area contributed by atoms with Gasteiger partial charge in [-0.3, -0.25) is 9.59 Å². The average molecular weight is 529 g/mol. The average Bonchev–Trinajstić information content (AvgIpc) is 3.20. The highest BCUT2D eigenvalue weighted by molar-refractivity contribution is 8.00. The van der Waals surface area contributed by atoms with E-state index >= 15 is 0 Å². The summed E-state index contributed by atoms with van der Waals surface area (Å²) >= 11 is 7.54. The molecule has 1 N–H and O–H groups in total. The van der Waals surface area contributed by atoms with Crippen LogP contribution in [0, 0.1) is 0 Å². The van der Waals surface area contributed by atoms with Crippen molar-refractivity contribution in [2.24, 2.45) is 0 Å². The van der Waals surface area contributed by atoms with Crippen LogP contribution in [0.25, 0.3) is 0 Å². The zero-order valence-corrected chi connectivity index (χ0v) is 21.7. The van der Waals surface area contributed by atoms with Crippen LogP contribution < -0.4 is 5.32 Å². The molecule has 6 nitrogen and oxygen atoms in total. The fourth-order valence-corrected chi connectivity index (χ4v) is 5.80. The number of sulfone groups is 1. The van der Waals surface area contributed by atoms with Gasteiger partial charge in [-0.25, -0.2) is 8.42 Å². The maximum absolute atomic E-state index is 12.8. The van der Waals surface area contributed by atoms with E-state index in [2.05, 4.69) is 5.32 Å². The number of nitrogens with one attached hydrogen (secondary N) is 1. The molecule has 0 aromatic heterocycles. The summed E-state index contributed by atoms with van der Waals surface area (Å²) in [5.74, 6) is 0.257. The largest absolute Gasteiger partial charge is 0.346 e. The van der Waals surface area contributed by atoms with Gasteiger partial charge < -0.3 is 10.2 Å². The van der Waals surface area contributed by atoms with Crippen molar-refractivity contribution in [1.29, 1.82) is 0 Å². The third-order valence-corrected chi connectivity index (χ3v) is 8.48. The molecular weight excluding hydrogens is 504 g/mol. The van der Waals surface area contributed by atoms with Crippen LogP contribution in [0.3, 0.4) is 0 Å². The van der Waals surface area contributed by atoms with E-state index in [1.54, 1.807) is 48.2 Å². The molecule has 2 atom stereocenters. The Balaban J connectivity index is 1.42. The van der Waals surface area contributed by atoms with Crippen LogP contribution in [0.15, 0.2) is 77.7 Å². The Labute approximate surface area is 214 Å². The lowest BCUT2D eigenvalue weighted by molar-refractivity contribution is -0.128. The maximum atomic E-state index is 12.8. The number of thioether (sulfide) groups is 1. The van der Waals surface area contributed by atoms with Crippen molar-refractivity contribution >= 4 is 45.0 Å². The molecule has 0 aliphatic carbocycles. The monoisotopic (exact) mass is 528 g/mol. The van der Waals surface area contributed by atoms with Crippen molar-refractivity contribution in [3.05, 3.63) is 100 Å².